The number of alkyl halides is 1. The molecule has 2 aromatic rings. The second-order valence-electron chi connectivity index (χ2n) is 11.4. The fraction of sp³-hybridized carbons (Fsp3) is 0.680. The number of ether oxygens (including phenoxy) is 2. The molecule has 3 rings (SSSR count). The van der Waals surface area contributed by atoms with Crippen LogP contribution in [0.25, 0.3) is 0 Å². The van der Waals surface area contributed by atoms with Gasteiger partial charge in [0.1, 0.15) is 12.2 Å². The van der Waals surface area contributed by atoms with Crippen molar-refractivity contribution in [1.29, 1.82) is 0 Å². The molecule has 1 saturated carbocycles. The summed E-state index contributed by atoms with van der Waals surface area (Å²) in [6, 6.07) is 0. The Bertz CT molecular complexity index is 1000. The molecule has 0 spiro atoms. The highest BCUT2D eigenvalue weighted by molar-refractivity contribution is 5.44. The van der Waals surface area contributed by atoms with E-state index in [0.29, 0.717) is 28.8 Å². The van der Waals surface area contributed by atoms with Gasteiger partial charge >= 0.3 is 0 Å². The zero-order chi connectivity index (χ0) is 24.1. The van der Waals surface area contributed by atoms with Crippen molar-refractivity contribution >= 4 is 0 Å². The maximum Gasteiger partial charge on any atom is 0.220 e. The first-order valence-corrected chi connectivity index (χ1v) is 11.2. The number of methoxy groups -OCH3 is 2. The largest absolute Gasteiger partial charge is 0.481 e. The fourth-order valence-electron chi connectivity index (χ4n) is 4.22. The Morgan fingerprint density at radius 1 is 0.875 bits per heavy atom. The zero-order valence-corrected chi connectivity index (χ0v) is 21.2. The van der Waals surface area contributed by atoms with Crippen molar-refractivity contribution in [3.8, 4) is 11.8 Å². The Kier molecular flexibility index (Phi) is 6.03. The van der Waals surface area contributed by atoms with Gasteiger partial charge in [0, 0.05) is 23.0 Å². The Morgan fingerprint density at radius 2 is 1.44 bits per heavy atom. The Balaban J connectivity index is 2.14. The molecule has 1 fully saturated rings. The molecule has 0 aromatic carbocycles. The van der Waals surface area contributed by atoms with E-state index in [4.69, 9.17) is 14.5 Å². The van der Waals surface area contributed by atoms with Crippen molar-refractivity contribution in [2.75, 3.05) is 14.2 Å². The topological polar surface area (TPSA) is 70.0 Å². The number of hydrogen-bond donors (Lipinski definition) is 0. The van der Waals surface area contributed by atoms with Crippen molar-refractivity contribution < 1.29 is 13.9 Å². The molecule has 32 heavy (non-hydrogen) atoms. The summed E-state index contributed by atoms with van der Waals surface area (Å²) in [5.41, 5.74) is 0.491. The molecule has 0 amide bonds. The molecule has 6 nitrogen and oxygen atoms in total. The van der Waals surface area contributed by atoms with E-state index >= 15 is 4.39 Å². The smallest absolute Gasteiger partial charge is 0.220 e. The molecule has 2 heterocycles. The molecule has 0 N–H and O–H groups in total. The molecule has 2 aromatic heterocycles. The van der Waals surface area contributed by atoms with Crippen molar-refractivity contribution in [1.82, 2.24) is 19.9 Å². The number of hydrogen-bond acceptors (Lipinski definition) is 6. The Hall–Kier alpha value is -2.31. The van der Waals surface area contributed by atoms with E-state index in [1.54, 1.807) is 14.2 Å². The molecule has 1 atom stereocenters. The lowest BCUT2D eigenvalue weighted by molar-refractivity contribution is 0.175. The summed E-state index contributed by atoms with van der Waals surface area (Å²) in [6.45, 7) is 16.1. The Labute approximate surface area is 191 Å². The molecule has 0 bridgehead atoms. The van der Waals surface area contributed by atoms with Crippen LogP contribution in [0.15, 0.2) is 6.33 Å². The normalized spacial score (nSPS) is 17.6. The summed E-state index contributed by atoms with van der Waals surface area (Å²) >= 11 is 0. The number of rotatable bonds is 6. The van der Waals surface area contributed by atoms with Crippen LogP contribution in [0.3, 0.4) is 0 Å². The van der Waals surface area contributed by atoms with Crippen LogP contribution in [0.5, 0.6) is 11.8 Å². The van der Waals surface area contributed by atoms with Gasteiger partial charge in [-0.15, -0.1) is 0 Å². The van der Waals surface area contributed by atoms with E-state index in [1.165, 1.54) is 13.3 Å². The van der Waals surface area contributed by atoms with Crippen molar-refractivity contribution in [2.24, 2.45) is 0 Å². The van der Waals surface area contributed by atoms with Crippen LogP contribution in [0, 0.1) is 0 Å². The third-order valence-electron chi connectivity index (χ3n) is 6.18. The molecule has 1 aliphatic carbocycles. The third kappa shape index (κ3) is 4.57. The van der Waals surface area contributed by atoms with E-state index in [-0.39, 0.29) is 17.3 Å². The molecule has 1 aliphatic rings. The molecule has 0 radical (unpaired) electrons. The lowest BCUT2D eigenvalue weighted by Gasteiger charge is -2.30. The molecule has 7 heteroatoms. The predicted molar refractivity (Wildman–Crippen MR) is 123 cm³/mol. The van der Waals surface area contributed by atoms with Crippen LogP contribution in [0.1, 0.15) is 96.6 Å². The highest BCUT2D eigenvalue weighted by Crippen LogP contribution is 2.51. The summed E-state index contributed by atoms with van der Waals surface area (Å²) < 4.78 is 27.5. The monoisotopic (exact) mass is 444 g/mol. The van der Waals surface area contributed by atoms with Gasteiger partial charge in [-0.1, -0.05) is 48.5 Å². The summed E-state index contributed by atoms with van der Waals surface area (Å²) in [6.07, 6.45) is 3.43. The van der Waals surface area contributed by atoms with Crippen LogP contribution < -0.4 is 9.47 Å². The maximum absolute atomic E-state index is 16.4. The van der Waals surface area contributed by atoms with Crippen LogP contribution in [-0.4, -0.2) is 34.2 Å². The van der Waals surface area contributed by atoms with Crippen molar-refractivity contribution in [3.63, 3.8) is 0 Å². The SMILES string of the molecule is COc1ncnc(C(C)(F)Cc2nc(OC)c(C(C)(C)C)c(C3(C)CC3)n2)c1C(C)(C)C. The summed E-state index contributed by atoms with van der Waals surface area (Å²) in [5.74, 6) is 1.33. The predicted octanol–water partition coefficient (Wildman–Crippen LogP) is 5.36. The van der Waals surface area contributed by atoms with Gasteiger partial charge in [-0.3, -0.25) is 0 Å². The minimum Gasteiger partial charge on any atom is -0.481 e. The highest BCUT2D eigenvalue weighted by atomic mass is 19.1. The lowest BCUT2D eigenvalue weighted by atomic mass is 9.81. The zero-order valence-electron chi connectivity index (χ0n) is 21.2. The fourth-order valence-corrected chi connectivity index (χ4v) is 4.22. The van der Waals surface area contributed by atoms with Crippen LogP contribution in [0.2, 0.25) is 0 Å². The van der Waals surface area contributed by atoms with E-state index in [0.717, 1.165) is 24.1 Å². The summed E-state index contributed by atoms with van der Waals surface area (Å²) in [5, 5.41) is 0. The van der Waals surface area contributed by atoms with Crippen molar-refractivity contribution in [3.05, 3.63) is 34.7 Å². The van der Waals surface area contributed by atoms with Gasteiger partial charge in [0.05, 0.1) is 25.6 Å². The molecular weight excluding hydrogens is 407 g/mol. The number of aromatic nitrogens is 4. The average molecular weight is 445 g/mol. The lowest BCUT2D eigenvalue weighted by Crippen LogP contribution is -2.30. The van der Waals surface area contributed by atoms with Gasteiger partial charge in [0.15, 0.2) is 5.67 Å². The summed E-state index contributed by atoms with van der Waals surface area (Å²) in [7, 11) is 3.15. The minimum absolute atomic E-state index is 0.0188. The van der Waals surface area contributed by atoms with Crippen LogP contribution in [0.4, 0.5) is 4.39 Å². The first kappa shape index (κ1) is 24.3. The van der Waals surface area contributed by atoms with Gasteiger partial charge < -0.3 is 9.47 Å². The first-order valence-electron chi connectivity index (χ1n) is 11.2. The molecule has 176 valence electrons. The molecule has 0 saturated heterocycles. The van der Waals surface area contributed by atoms with E-state index in [9.17, 15) is 0 Å². The van der Waals surface area contributed by atoms with Gasteiger partial charge in [-0.25, -0.2) is 19.3 Å². The van der Waals surface area contributed by atoms with Crippen LogP contribution >= 0.6 is 0 Å². The second-order valence-corrected chi connectivity index (χ2v) is 11.4. The number of halogens is 1. The van der Waals surface area contributed by atoms with E-state index in [1.807, 2.05) is 20.8 Å². The maximum atomic E-state index is 16.4. The second kappa shape index (κ2) is 7.92. The molecule has 1 unspecified atom stereocenters. The van der Waals surface area contributed by atoms with Gasteiger partial charge in [-0.2, -0.15) is 4.98 Å². The Morgan fingerprint density at radius 3 is 1.91 bits per heavy atom. The highest BCUT2D eigenvalue weighted by Gasteiger charge is 2.46. The quantitative estimate of drug-likeness (QED) is 0.598. The molecule has 0 aliphatic heterocycles. The van der Waals surface area contributed by atoms with Gasteiger partial charge in [-0.05, 0) is 30.6 Å². The van der Waals surface area contributed by atoms with E-state index in [2.05, 4.69) is 42.6 Å². The van der Waals surface area contributed by atoms with Crippen molar-refractivity contribution in [2.45, 2.75) is 96.6 Å². The number of nitrogens with zero attached hydrogens (tertiary/aromatic N) is 4. The first-order chi connectivity index (χ1) is 14.6. The molecular formula is C25H37FN4O2. The third-order valence-corrected chi connectivity index (χ3v) is 6.18. The van der Waals surface area contributed by atoms with Gasteiger partial charge in [0.2, 0.25) is 11.8 Å². The van der Waals surface area contributed by atoms with Gasteiger partial charge in [0.25, 0.3) is 0 Å². The average Bonchev–Trinajstić information content (AvgIpc) is 3.43. The standard InChI is InChI=1S/C25H37FN4O2/c1-22(2,3)16-18(24(7)11-12-24)29-15(30-21(16)32-10)13-25(8,26)19-17(23(4,5)6)20(31-9)28-14-27-19/h14H,11-13H2,1-10H3. The van der Waals surface area contributed by atoms with Crippen LogP contribution in [-0.2, 0) is 28.3 Å². The van der Waals surface area contributed by atoms with E-state index < -0.39 is 11.1 Å². The summed E-state index contributed by atoms with van der Waals surface area (Å²) in [4.78, 5) is 18.1. The minimum atomic E-state index is -1.82.